The zero-order valence-electron chi connectivity index (χ0n) is 18.5. The van der Waals surface area contributed by atoms with Crippen molar-refractivity contribution < 1.29 is 4.74 Å². The number of benzene rings is 1. The van der Waals surface area contributed by atoms with Crippen LogP contribution in [-0.4, -0.2) is 58.6 Å². The summed E-state index contributed by atoms with van der Waals surface area (Å²) in [5.41, 5.74) is 3.92. The van der Waals surface area contributed by atoms with Crippen molar-refractivity contribution in [1.29, 1.82) is 0 Å². The van der Waals surface area contributed by atoms with E-state index >= 15 is 0 Å². The van der Waals surface area contributed by atoms with E-state index in [2.05, 4.69) is 42.3 Å². The molecule has 0 bridgehead atoms. The number of aryl methyl sites for hydroxylation is 2. The molecular formula is C23H31ClN6O. The minimum Gasteiger partial charge on any atom is -0.375 e. The van der Waals surface area contributed by atoms with Crippen molar-refractivity contribution in [1.82, 2.24) is 25.1 Å². The van der Waals surface area contributed by atoms with E-state index in [-0.39, 0.29) is 18.5 Å². The summed E-state index contributed by atoms with van der Waals surface area (Å²) < 4.78 is 7.67. The van der Waals surface area contributed by atoms with Crippen LogP contribution in [0.2, 0.25) is 0 Å². The first-order valence-electron chi connectivity index (χ1n) is 11.0. The maximum Gasteiger partial charge on any atom is 0.159 e. The van der Waals surface area contributed by atoms with E-state index in [9.17, 15) is 0 Å². The highest BCUT2D eigenvalue weighted by Gasteiger charge is 2.21. The molecule has 2 saturated heterocycles. The van der Waals surface area contributed by atoms with Crippen LogP contribution >= 0.6 is 12.4 Å². The SMILES string of the molecule is Cc1nc(N2CCOC(C)C2)cc(-n2ncc3cc(C)c(C4CCNCC4)cc32)n1.Cl. The quantitative estimate of drug-likeness (QED) is 0.669. The molecule has 1 unspecified atom stereocenters. The number of halogens is 1. The van der Waals surface area contributed by atoms with Gasteiger partial charge < -0.3 is 15.0 Å². The molecule has 31 heavy (non-hydrogen) atoms. The van der Waals surface area contributed by atoms with Crippen LogP contribution in [0.4, 0.5) is 5.82 Å². The number of hydrogen-bond donors (Lipinski definition) is 1. The molecular weight excluding hydrogens is 412 g/mol. The Bertz CT molecular complexity index is 1060. The second-order valence-corrected chi connectivity index (χ2v) is 8.61. The van der Waals surface area contributed by atoms with Gasteiger partial charge in [0, 0.05) is 24.5 Å². The van der Waals surface area contributed by atoms with Gasteiger partial charge in [0.25, 0.3) is 0 Å². The molecule has 1 aromatic carbocycles. The number of nitrogens with zero attached hydrogens (tertiary/aromatic N) is 5. The minimum atomic E-state index is 0. The molecule has 2 aliphatic heterocycles. The third kappa shape index (κ3) is 4.40. The van der Waals surface area contributed by atoms with Gasteiger partial charge in [-0.25, -0.2) is 14.6 Å². The third-order valence-electron chi connectivity index (χ3n) is 6.33. The number of anilines is 1. The Balaban J connectivity index is 0.00000231. The number of fused-ring (bicyclic) bond motifs is 1. The largest absolute Gasteiger partial charge is 0.375 e. The topological polar surface area (TPSA) is 68.1 Å². The Morgan fingerprint density at radius 1 is 1.06 bits per heavy atom. The zero-order chi connectivity index (χ0) is 20.7. The predicted molar refractivity (Wildman–Crippen MR) is 126 cm³/mol. The van der Waals surface area contributed by atoms with Crippen molar-refractivity contribution in [2.75, 3.05) is 37.7 Å². The van der Waals surface area contributed by atoms with Gasteiger partial charge in [-0.1, -0.05) is 0 Å². The molecule has 0 radical (unpaired) electrons. The summed E-state index contributed by atoms with van der Waals surface area (Å²) >= 11 is 0. The van der Waals surface area contributed by atoms with Crippen LogP contribution in [-0.2, 0) is 4.74 Å². The molecule has 2 aromatic heterocycles. The summed E-state index contributed by atoms with van der Waals surface area (Å²) in [6.45, 7) is 10.9. The van der Waals surface area contributed by atoms with Crippen molar-refractivity contribution in [3.05, 3.63) is 41.3 Å². The number of morpholine rings is 1. The fourth-order valence-corrected chi connectivity index (χ4v) is 4.79. The average molecular weight is 443 g/mol. The van der Waals surface area contributed by atoms with Crippen molar-refractivity contribution in [3.63, 3.8) is 0 Å². The molecule has 0 aliphatic carbocycles. The maximum absolute atomic E-state index is 5.69. The number of ether oxygens (including phenoxy) is 1. The van der Waals surface area contributed by atoms with Gasteiger partial charge in [0.05, 0.1) is 24.4 Å². The van der Waals surface area contributed by atoms with Gasteiger partial charge in [0.2, 0.25) is 0 Å². The van der Waals surface area contributed by atoms with Crippen LogP contribution in [0, 0.1) is 13.8 Å². The van der Waals surface area contributed by atoms with Crippen LogP contribution in [0.15, 0.2) is 24.4 Å². The number of nitrogens with one attached hydrogen (secondary N) is 1. The first-order chi connectivity index (χ1) is 14.6. The summed E-state index contributed by atoms with van der Waals surface area (Å²) in [5, 5.41) is 9.33. The summed E-state index contributed by atoms with van der Waals surface area (Å²) in [4.78, 5) is 11.7. The van der Waals surface area contributed by atoms with Gasteiger partial charge in [0.15, 0.2) is 5.82 Å². The minimum absolute atomic E-state index is 0. The first kappa shape index (κ1) is 22.0. The summed E-state index contributed by atoms with van der Waals surface area (Å²) in [7, 11) is 0. The molecule has 166 valence electrons. The van der Waals surface area contributed by atoms with Crippen molar-refractivity contribution in [3.8, 4) is 5.82 Å². The van der Waals surface area contributed by atoms with E-state index in [0.29, 0.717) is 5.92 Å². The van der Waals surface area contributed by atoms with Gasteiger partial charge in [-0.3, -0.25) is 0 Å². The van der Waals surface area contributed by atoms with Crippen LogP contribution in [0.3, 0.4) is 0 Å². The first-order valence-corrected chi connectivity index (χ1v) is 11.0. The molecule has 0 spiro atoms. The maximum atomic E-state index is 5.69. The van der Waals surface area contributed by atoms with E-state index in [1.165, 1.54) is 24.0 Å². The monoisotopic (exact) mass is 442 g/mol. The summed E-state index contributed by atoms with van der Waals surface area (Å²) in [5.74, 6) is 3.14. The Morgan fingerprint density at radius 3 is 2.61 bits per heavy atom. The fourth-order valence-electron chi connectivity index (χ4n) is 4.79. The number of rotatable bonds is 3. The molecule has 0 saturated carbocycles. The van der Waals surface area contributed by atoms with Gasteiger partial charge in [0.1, 0.15) is 11.6 Å². The highest BCUT2D eigenvalue weighted by Crippen LogP contribution is 2.32. The van der Waals surface area contributed by atoms with Crippen molar-refractivity contribution >= 4 is 29.1 Å². The number of piperidine rings is 1. The number of hydrogen-bond acceptors (Lipinski definition) is 6. The molecule has 0 amide bonds. The van der Waals surface area contributed by atoms with Crippen LogP contribution in [0.5, 0.6) is 0 Å². The van der Waals surface area contributed by atoms with Gasteiger partial charge >= 0.3 is 0 Å². The lowest BCUT2D eigenvalue weighted by molar-refractivity contribution is 0.0529. The molecule has 3 aromatic rings. The van der Waals surface area contributed by atoms with E-state index in [0.717, 1.165) is 61.1 Å². The van der Waals surface area contributed by atoms with Crippen molar-refractivity contribution in [2.45, 2.75) is 45.6 Å². The van der Waals surface area contributed by atoms with Crippen molar-refractivity contribution in [2.24, 2.45) is 0 Å². The third-order valence-corrected chi connectivity index (χ3v) is 6.33. The molecule has 2 fully saturated rings. The average Bonchev–Trinajstić information content (AvgIpc) is 3.16. The van der Waals surface area contributed by atoms with Crippen LogP contribution < -0.4 is 10.2 Å². The normalized spacial score (nSPS) is 20.1. The van der Waals surface area contributed by atoms with Crippen LogP contribution in [0.25, 0.3) is 16.7 Å². The summed E-state index contributed by atoms with van der Waals surface area (Å²) in [6, 6.07) is 6.66. The molecule has 5 rings (SSSR count). The smallest absolute Gasteiger partial charge is 0.159 e. The highest BCUT2D eigenvalue weighted by molar-refractivity contribution is 5.85. The molecule has 1 atom stereocenters. The molecule has 2 aliphatic rings. The molecule has 1 N–H and O–H groups in total. The Labute approximate surface area is 189 Å². The van der Waals surface area contributed by atoms with Gasteiger partial charge in [-0.05, 0) is 75.9 Å². The Kier molecular flexibility index (Phi) is 6.46. The standard InChI is InChI=1S/C23H30N6O.ClH/c1-15-10-19-13-25-29(21(19)11-20(15)18-4-6-24-7-5-18)23-12-22(26-17(3)27-23)28-8-9-30-16(2)14-28;/h10-13,16,18,24H,4-9,14H2,1-3H3;1H. The molecule has 4 heterocycles. The lowest BCUT2D eigenvalue weighted by Crippen LogP contribution is -2.41. The lowest BCUT2D eigenvalue weighted by atomic mass is 9.87. The fraction of sp³-hybridized carbons (Fsp3) is 0.522. The Morgan fingerprint density at radius 2 is 1.84 bits per heavy atom. The second-order valence-electron chi connectivity index (χ2n) is 8.61. The summed E-state index contributed by atoms with van der Waals surface area (Å²) in [6.07, 6.45) is 4.53. The molecule has 7 nitrogen and oxygen atoms in total. The van der Waals surface area contributed by atoms with E-state index < -0.39 is 0 Å². The van der Waals surface area contributed by atoms with E-state index in [4.69, 9.17) is 19.8 Å². The second kappa shape index (κ2) is 9.10. The van der Waals surface area contributed by atoms with Crippen LogP contribution in [0.1, 0.15) is 42.6 Å². The zero-order valence-corrected chi connectivity index (χ0v) is 19.3. The Hall–Kier alpha value is -2.22. The highest BCUT2D eigenvalue weighted by atomic mass is 35.5. The predicted octanol–water partition coefficient (Wildman–Crippen LogP) is 3.55. The molecule has 8 heteroatoms. The lowest BCUT2D eigenvalue weighted by Gasteiger charge is -2.32. The van der Waals surface area contributed by atoms with Gasteiger partial charge in [-0.15, -0.1) is 12.4 Å². The van der Waals surface area contributed by atoms with E-state index in [1.807, 2.05) is 17.8 Å². The van der Waals surface area contributed by atoms with E-state index in [1.54, 1.807) is 0 Å². The van der Waals surface area contributed by atoms with Gasteiger partial charge in [-0.2, -0.15) is 5.10 Å². The number of aromatic nitrogens is 4.